The third kappa shape index (κ3) is 3.09. The minimum atomic E-state index is -3.08. The van der Waals surface area contributed by atoms with E-state index in [9.17, 15) is 8.42 Å². The average Bonchev–Trinajstić information content (AvgIpc) is 2.81. The van der Waals surface area contributed by atoms with Crippen LogP contribution in [0, 0.1) is 0 Å². The molecule has 0 aliphatic carbocycles. The molecule has 1 aromatic rings. The smallest absolute Gasteiger partial charge is 0.151 e. The molecule has 106 valence electrons. The summed E-state index contributed by atoms with van der Waals surface area (Å²) in [6.45, 7) is 5.19. The predicted octanol–water partition coefficient (Wildman–Crippen LogP) is 1.71. The molecule has 4 nitrogen and oxygen atoms in total. The van der Waals surface area contributed by atoms with Gasteiger partial charge in [0.25, 0.3) is 0 Å². The molecule has 0 aromatic heterocycles. The van der Waals surface area contributed by atoms with Gasteiger partial charge in [0.15, 0.2) is 9.84 Å². The monoisotopic (exact) mass is 283 g/mol. The number of rotatable bonds is 5. The van der Waals surface area contributed by atoms with Crippen molar-refractivity contribution >= 4 is 9.84 Å². The topological polar surface area (TPSA) is 55.4 Å². The van der Waals surface area contributed by atoms with Crippen LogP contribution in [0.3, 0.4) is 0 Å². The second-order valence-electron chi connectivity index (χ2n) is 5.04. The molecule has 19 heavy (non-hydrogen) atoms. The van der Waals surface area contributed by atoms with E-state index in [4.69, 9.17) is 4.74 Å². The lowest BCUT2D eigenvalue weighted by molar-refractivity contribution is 0.356. The van der Waals surface area contributed by atoms with Crippen molar-refractivity contribution in [2.24, 2.45) is 0 Å². The molecule has 2 rings (SSSR count). The molecule has 1 aromatic carbocycles. The highest BCUT2D eigenvalue weighted by Crippen LogP contribution is 2.30. The van der Waals surface area contributed by atoms with Crippen LogP contribution in [-0.2, 0) is 16.3 Å². The Morgan fingerprint density at radius 1 is 1.42 bits per heavy atom. The van der Waals surface area contributed by atoms with Crippen LogP contribution in [0.1, 0.15) is 31.0 Å². The Kier molecular flexibility index (Phi) is 4.16. The highest BCUT2D eigenvalue weighted by atomic mass is 32.2. The van der Waals surface area contributed by atoms with Gasteiger partial charge in [-0.3, -0.25) is 0 Å². The Labute approximate surface area is 115 Å². The van der Waals surface area contributed by atoms with E-state index >= 15 is 0 Å². The number of nitrogens with one attached hydrogen (secondary N) is 1. The van der Waals surface area contributed by atoms with Gasteiger partial charge in [0, 0.05) is 18.7 Å². The van der Waals surface area contributed by atoms with Gasteiger partial charge in [-0.05, 0) is 30.7 Å². The van der Waals surface area contributed by atoms with Crippen molar-refractivity contribution in [1.29, 1.82) is 0 Å². The summed E-state index contributed by atoms with van der Waals surface area (Å²) < 4.78 is 29.1. The molecule has 0 saturated heterocycles. The number of fused-ring (bicyclic) bond motifs is 1. The maximum absolute atomic E-state index is 11.8. The maximum atomic E-state index is 11.8. The van der Waals surface area contributed by atoms with Crippen molar-refractivity contribution in [3.8, 4) is 5.75 Å². The van der Waals surface area contributed by atoms with Gasteiger partial charge >= 0.3 is 0 Å². The first-order chi connectivity index (χ1) is 8.93. The lowest BCUT2D eigenvalue weighted by atomic mass is 10.0. The zero-order valence-electron chi connectivity index (χ0n) is 11.6. The molecule has 0 spiro atoms. The Bertz CT molecular complexity index is 554. The summed E-state index contributed by atoms with van der Waals surface area (Å²) in [6, 6.07) is 5.79. The first kappa shape index (κ1) is 14.3. The summed E-state index contributed by atoms with van der Waals surface area (Å²) in [5, 5.41) is 2.83. The van der Waals surface area contributed by atoms with Gasteiger partial charge in [0.1, 0.15) is 5.75 Å². The van der Waals surface area contributed by atoms with Crippen LogP contribution in [0.15, 0.2) is 18.2 Å². The maximum Gasteiger partial charge on any atom is 0.151 e. The van der Waals surface area contributed by atoms with Crippen LogP contribution < -0.4 is 10.1 Å². The van der Waals surface area contributed by atoms with Crippen molar-refractivity contribution in [2.45, 2.75) is 31.6 Å². The van der Waals surface area contributed by atoms with Gasteiger partial charge in [0.05, 0.1) is 11.9 Å². The van der Waals surface area contributed by atoms with Crippen molar-refractivity contribution in [3.63, 3.8) is 0 Å². The average molecular weight is 283 g/mol. The number of hydrogen-bond acceptors (Lipinski definition) is 4. The number of ether oxygens (including phenoxy) is 1. The fraction of sp³-hybridized carbons (Fsp3) is 0.571. The van der Waals surface area contributed by atoms with Crippen molar-refractivity contribution in [2.75, 3.05) is 19.4 Å². The predicted molar refractivity (Wildman–Crippen MR) is 76.4 cm³/mol. The summed E-state index contributed by atoms with van der Waals surface area (Å²) >= 11 is 0. The van der Waals surface area contributed by atoms with Crippen LogP contribution in [0.5, 0.6) is 5.75 Å². The van der Waals surface area contributed by atoms with Gasteiger partial charge in [-0.1, -0.05) is 19.1 Å². The minimum absolute atomic E-state index is 0.175. The Balaban J connectivity index is 2.34. The van der Waals surface area contributed by atoms with Gasteiger partial charge < -0.3 is 10.1 Å². The van der Waals surface area contributed by atoms with Gasteiger partial charge in [0.2, 0.25) is 0 Å². The first-order valence-corrected chi connectivity index (χ1v) is 8.56. The highest BCUT2D eigenvalue weighted by Gasteiger charge is 2.27. The van der Waals surface area contributed by atoms with Gasteiger partial charge in [-0.25, -0.2) is 8.42 Å². The zero-order valence-corrected chi connectivity index (χ0v) is 12.5. The Morgan fingerprint density at radius 2 is 2.16 bits per heavy atom. The zero-order chi connectivity index (χ0) is 14.0. The van der Waals surface area contributed by atoms with E-state index in [1.165, 1.54) is 11.8 Å². The summed E-state index contributed by atoms with van der Waals surface area (Å²) in [4.78, 5) is 0. The molecule has 1 heterocycles. The number of hydrogen-bond donors (Lipinski definition) is 1. The molecule has 1 aliphatic rings. The third-order valence-electron chi connectivity index (χ3n) is 3.64. The molecule has 2 unspecified atom stereocenters. The fourth-order valence-corrected chi connectivity index (χ4v) is 3.17. The lowest BCUT2D eigenvalue weighted by Gasteiger charge is -2.24. The first-order valence-electron chi connectivity index (χ1n) is 6.61. The van der Waals surface area contributed by atoms with Crippen LogP contribution >= 0.6 is 0 Å². The SMILES string of the molecule is CCNC(c1ccc2c(c1)CCO2)C(C)S(C)(=O)=O. The van der Waals surface area contributed by atoms with E-state index in [1.54, 1.807) is 6.92 Å². The quantitative estimate of drug-likeness (QED) is 0.893. The molecule has 2 atom stereocenters. The van der Waals surface area contributed by atoms with E-state index in [0.717, 1.165) is 24.3 Å². The molecule has 1 N–H and O–H groups in total. The van der Waals surface area contributed by atoms with Crippen molar-refractivity contribution < 1.29 is 13.2 Å². The van der Waals surface area contributed by atoms with Crippen LogP contribution in [0.25, 0.3) is 0 Å². The Morgan fingerprint density at radius 3 is 2.79 bits per heavy atom. The van der Waals surface area contributed by atoms with Crippen LogP contribution in [-0.4, -0.2) is 33.1 Å². The molecule has 0 fully saturated rings. The van der Waals surface area contributed by atoms with Gasteiger partial charge in [-0.15, -0.1) is 0 Å². The van der Waals surface area contributed by atoms with E-state index < -0.39 is 15.1 Å². The lowest BCUT2D eigenvalue weighted by Crippen LogP contribution is -2.35. The standard InChI is InChI=1S/C14H21NO3S/c1-4-15-14(10(2)19(3,16)17)12-5-6-13-11(9-12)7-8-18-13/h5-6,9-10,14-15H,4,7-8H2,1-3H3. The molecule has 5 heteroatoms. The fourth-order valence-electron chi connectivity index (χ4n) is 2.42. The van der Waals surface area contributed by atoms with E-state index in [-0.39, 0.29) is 6.04 Å². The van der Waals surface area contributed by atoms with Crippen molar-refractivity contribution in [1.82, 2.24) is 5.32 Å². The Hall–Kier alpha value is -1.07. The second-order valence-corrected chi connectivity index (χ2v) is 7.44. The van der Waals surface area contributed by atoms with Crippen LogP contribution in [0.2, 0.25) is 0 Å². The summed E-state index contributed by atoms with van der Waals surface area (Å²) in [6.07, 6.45) is 2.19. The molecule has 1 aliphatic heterocycles. The largest absolute Gasteiger partial charge is 0.493 e. The third-order valence-corrected chi connectivity index (χ3v) is 5.26. The van der Waals surface area contributed by atoms with Crippen molar-refractivity contribution in [3.05, 3.63) is 29.3 Å². The molecule has 0 bridgehead atoms. The highest BCUT2D eigenvalue weighted by molar-refractivity contribution is 7.91. The minimum Gasteiger partial charge on any atom is -0.493 e. The normalized spacial score (nSPS) is 17.6. The van der Waals surface area contributed by atoms with E-state index in [0.29, 0.717) is 6.61 Å². The summed E-state index contributed by atoms with van der Waals surface area (Å²) in [7, 11) is -3.08. The summed E-state index contributed by atoms with van der Waals surface area (Å²) in [5.41, 5.74) is 2.19. The molecule has 0 radical (unpaired) electrons. The summed E-state index contributed by atoms with van der Waals surface area (Å²) in [5.74, 6) is 0.922. The molecule has 0 saturated carbocycles. The number of benzene rings is 1. The molecular weight excluding hydrogens is 262 g/mol. The van der Waals surface area contributed by atoms with E-state index in [2.05, 4.69) is 11.4 Å². The molecule has 0 amide bonds. The molecular formula is C14H21NO3S. The van der Waals surface area contributed by atoms with Gasteiger partial charge in [-0.2, -0.15) is 0 Å². The number of sulfone groups is 1. The van der Waals surface area contributed by atoms with Crippen LogP contribution in [0.4, 0.5) is 0 Å². The second kappa shape index (κ2) is 5.51. The van der Waals surface area contributed by atoms with E-state index in [1.807, 2.05) is 19.1 Å².